The smallest absolute Gasteiger partial charge is 0.337 e. The number of carbonyl (C=O) groups is 1. The molecule has 0 saturated carbocycles. The van der Waals surface area contributed by atoms with Crippen LogP contribution >= 0.6 is 0 Å². The first-order valence-corrected chi connectivity index (χ1v) is 9.07. The van der Waals surface area contributed by atoms with E-state index in [0.29, 0.717) is 31.2 Å². The number of benzene rings is 2. The minimum absolute atomic E-state index is 0.326. The van der Waals surface area contributed by atoms with Crippen molar-refractivity contribution in [2.24, 2.45) is 0 Å². The van der Waals surface area contributed by atoms with Crippen LogP contribution in [0.1, 0.15) is 41.3 Å². The lowest BCUT2D eigenvalue weighted by Gasteiger charge is -2.30. The average Bonchev–Trinajstić information content (AvgIpc) is 2.67. The molecule has 2 aromatic carbocycles. The number of carboxylic acids is 1. The molecule has 0 bridgehead atoms. The molecule has 1 aliphatic rings. The highest BCUT2D eigenvalue weighted by atomic mass is 16.5. The molecule has 0 aliphatic carbocycles. The van der Waals surface area contributed by atoms with Crippen LogP contribution in [0.3, 0.4) is 0 Å². The van der Waals surface area contributed by atoms with E-state index in [-0.39, 0.29) is 0 Å². The molecule has 0 radical (unpaired) electrons. The number of hydrogen-bond acceptors (Lipinski definition) is 4. The lowest BCUT2D eigenvalue weighted by molar-refractivity contribution is 0.0696. The molecule has 138 valence electrons. The molecule has 0 unspecified atom stereocenters. The fourth-order valence-corrected chi connectivity index (χ4v) is 3.12. The quantitative estimate of drug-likeness (QED) is 0.822. The molecular weight excluding hydrogens is 328 g/mol. The number of aromatic carboxylic acids is 1. The van der Waals surface area contributed by atoms with Gasteiger partial charge in [-0.25, -0.2) is 4.79 Å². The van der Waals surface area contributed by atoms with Crippen LogP contribution < -0.4 is 10.2 Å². The summed E-state index contributed by atoms with van der Waals surface area (Å²) < 4.78 is 5.35. The van der Waals surface area contributed by atoms with E-state index >= 15 is 0 Å². The second-order valence-electron chi connectivity index (χ2n) is 6.89. The Morgan fingerprint density at radius 2 is 1.85 bits per heavy atom. The molecule has 0 aromatic heterocycles. The van der Waals surface area contributed by atoms with E-state index in [2.05, 4.69) is 48.3 Å². The standard InChI is InChI=1S/C21H26N2O3/c1-15(2)17-5-3-16(4-6-17)14-22-18-7-8-20(19(13-18)21(24)25)23-9-11-26-12-10-23/h3-8,13,15,22H,9-12,14H2,1-2H3,(H,24,25). The van der Waals surface area contributed by atoms with E-state index in [1.54, 1.807) is 6.07 Å². The van der Waals surface area contributed by atoms with Crippen LogP contribution in [0, 0.1) is 0 Å². The predicted octanol–water partition coefficient (Wildman–Crippen LogP) is 3.96. The lowest BCUT2D eigenvalue weighted by atomic mass is 10.0. The number of ether oxygens (including phenoxy) is 1. The van der Waals surface area contributed by atoms with Gasteiger partial charge < -0.3 is 20.1 Å². The highest BCUT2D eigenvalue weighted by molar-refractivity contribution is 5.95. The number of morpholine rings is 1. The molecule has 2 aromatic rings. The Labute approximate surface area is 154 Å². The van der Waals surface area contributed by atoms with Crippen LogP contribution in [-0.2, 0) is 11.3 Å². The Bertz CT molecular complexity index is 750. The third kappa shape index (κ3) is 4.35. The zero-order chi connectivity index (χ0) is 18.5. The van der Waals surface area contributed by atoms with Gasteiger partial charge in [0, 0.05) is 25.3 Å². The lowest BCUT2D eigenvalue weighted by Crippen LogP contribution is -2.37. The van der Waals surface area contributed by atoms with Crippen molar-refractivity contribution in [3.63, 3.8) is 0 Å². The Morgan fingerprint density at radius 3 is 2.46 bits per heavy atom. The van der Waals surface area contributed by atoms with E-state index in [4.69, 9.17) is 4.74 Å². The minimum Gasteiger partial charge on any atom is -0.478 e. The second kappa shape index (κ2) is 8.23. The summed E-state index contributed by atoms with van der Waals surface area (Å²) in [6.45, 7) is 7.71. The normalized spacial score (nSPS) is 14.5. The minimum atomic E-state index is -0.906. The van der Waals surface area contributed by atoms with Crippen molar-refractivity contribution in [2.45, 2.75) is 26.3 Å². The van der Waals surface area contributed by atoms with Gasteiger partial charge in [0.05, 0.1) is 24.5 Å². The van der Waals surface area contributed by atoms with Crippen LogP contribution in [0.4, 0.5) is 11.4 Å². The molecule has 1 aliphatic heterocycles. The van der Waals surface area contributed by atoms with Crippen molar-refractivity contribution in [2.75, 3.05) is 36.5 Å². The topological polar surface area (TPSA) is 61.8 Å². The van der Waals surface area contributed by atoms with E-state index in [1.807, 2.05) is 12.1 Å². The van der Waals surface area contributed by atoms with Gasteiger partial charge in [-0.15, -0.1) is 0 Å². The molecule has 0 atom stereocenters. The largest absolute Gasteiger partial charge is 0.478 e. The molecule has 0 spiro atoms. The summed E-state index contributed by atoms with van der Waals surface area (Å²) in [6, 6.07) is 14.1. The van der Waals surface area contributed by atoms with Gasteiger partial charge in [-0.3, -0.25) is 0 Å². The zero-order valence-electron chi connectivity index (χ0n) is 15.4. The molecular formula is C21H26N2O3. The van der Waals surface area contributed by atoms with Crippen LogP contribution in [0.25, 0.3) is 0 Å². The van der Waals surface area contributed by atoms with Crippen molar-refractivity contribution in [3.8, 4) is 0 Å². The summed E-state index contributed by atoms with van der Waals surface area (Å²) in [5.41, 5.74) is 4.38. The number of hydrogen-bond donors (Lipinski definition) is 2. The summed E-state index contributed by atoms with van der Waals surface area (Å²) in [4.78, 5) is 13.8. The third-order valence-electron chi connectivity index (χ3n) is 4.72. The van der Waals surface area contributed by atoms with Gasteiger partial charge in [0.25, 0.3) is 0 Å². The highest BCUT2D eigenvalue weighted by Gasteiger charge is 2.18. The van der Waals surface area contributed by atoms with Crippen LogP contribution in [-0.4, -0.2) is 37.4 Å². The van der Waals surface area contributed by atoms with Gasteiger partial charge in [-0.1, -0.05) is 38.1 Å². The van der Waals surface area contributed by atoms with Crippen LogP contribution in [0.15, 0.2) is 42.5 Å². The molecule has 1 fully saturated rings. The molecule has 26 heavy (non-hydrogen) atoms. The molecule has 3 rings (SSSR count). The Kier molecular flexibility index (Phi) is 5.78. The van der Waals surface area contributed by atoms with Crippen LogP contribution in [0.2, 0.25) is 0 Å². The van der Waals surface area contributed by atoms with Crippen molar-refractivity contribution in [1.82, 2.24) is 0 Å². The number of nitrogens with one attached hydrogen (secondary N) is 1. The number of rotatable bonds is 6. The van der Waals surface area contributed by atoms with Crippen LogP contribution in [0.5, 0.6) is 0 Å². The highest BCUT2D eigenvalue weighted by Crippen LogP contribution is 2.26. The summed E-state index contributed by atoms with van der Waals surface area (Å²) in [6.07, 6.45) is 0. The van der Waals surface area contributed by atoms with Crippen molar-refractivity contribution >= 4 is 17.3 Å². The zero-order valence-corrected chi connectivity index (χ0v) is 15.4. The van der Waals surface area contributed by atoms with Gasteiger partial charge in [0.2, 0.25) is 0 Å². The van der Waals surface area contributed by atoms with Gasteiger partial charge in [0.15, 0.2) is 0 Å². The first kappa shape index (κ1) is 18.3. The average molecular weight is 354 g/mol. The number of anilines is 2. The Balaban J connectivity index is 1.71. The summed E-state index contributed by atoms with van der Waals surface area (Å²) in [5, 5.41) is 12.9. The van der Waals surface area contributed by atoms with Gasteiger partial charge in [0.1, 0.15) is 0 Å². The summed E-state index contributed by atoms with van der Waals surface area (Å²) in [5.74, 6) is -0.390. The van der Waals surface area contributed by atoms with Crippen molar-refractivity contribution in [1.29, 1.82) is 0 Å². The van der Waals surface area contributed by atoms with E-state index < -0.39 is 5.97 Å². The SMILES string of the molecule is CC(C)c1ccc(CNc2ccc(N3CCOCC3)c(C(=O)O)c2)cc1. The Morgan fingerprint density at radius 1 is 1.15 bits per heavy atom. The predicted molar refractivity (Wildman–Crippen MR) is 104 cm³/mol. The fourth-order valence-electron chi connectivity index (χ4n) is 3.12. The van der Waals surface area contributed by atoms with E-state index in [1.165, 1.54) is 11.1 Å². The van der Waals surface area contributed by atoms with Crippen molar-refractivity contribution in [3.05, 3.63) is 59.2 Å². The fraction of sp³-hybridized carbons (Fsp3) is 0.381. The molecule has 1 heterocycles. The van der Waals surface area contributed by atoms with Crippen molar-refractivity contribution < 1.29 is 14.6 Å². The second-order valence-corrected chi connectivity index (χ2v) is 6.89. The first-order chi connectivity index (χ1) is 12.5. The van der Waals surface area contributed by atoms with E-state index in [0.717, 1.165) is 24.5 Å². The molecule has 5 heteroatoms. The summed E-state index contributed by atoms with van der Waals surface area (Å²) >= 11 is 0. The summed E-state index contributed by atoms with van der Waals surface area (Å²) in [7, 11) is 0. The number of nitrogens with zero attached hydrogens (tertiary/aromatic N) is 1. The maximum atomic E-state index is 11.7. The molecule has 2 N–H and O–H groups in total. The monoisotopic (exact) mass is 354 g/mol. The Hall–Kier alpha value is -2.53. The van der Waals surface area contributed by atoms with Gasteiger partial charge in [-0.05, 0) is 35.2 Å². The molecule has 1 saturated heterocycles. The maximum absolute atomic E-state index is 11.7. The van der Waals surface area contributed by atoms with E-state index in [9.17, 15) is 9.90 Å². The first-order valence-electron chi connectivity index (χ1n) is 9.07. The number of carboxylic acid groups (broad SMARTS) is 1. The maximum Gasteiger partial charge on any atom is 0.337 e. The molecule has 0 amide bonds. The van der Waals surface area contributed by atoms with Gasteiger partial charge in [-0.2, -0.15) is 0 Å². The molecule has 5 nitrogen and oxygen atoms in total. The third-order valence-corrected chi connectivity index (χ3v) is 4.72. The van der Waals surface area contributed by atoms with Gasteiger partial charge >= 0.3 is 5.97 Å².